The highest BCUT2D eigenvalue weighted by atomic mass is 19.1. The van der Waals surface area contributed by atoms with Gasteiger partial charge in [-0.05, 0) is 55.3 Å². The highest BCUT2D eigenvalue weighted by molar-refractivity contribution is 5.78. The van der Waals surface area contributed by atoms with Gasteiger partial charge >= 0.3 is 0 Å². The normalized spacial score (nSPS) is 13.6. The van der Waals surface area contributed by atoms with Crippen LogP contribution in [0.4, 0.5) is 10.1 Å². The quantitative estimate of drug-likeness (QED) is 0.622. The van der Waals surface area contributed by atoms with Gasteiger partial charge in [0.1, 0.15) is 12.1 Å². The molecular formula is C19H16FNO. The van der Waals surface area contributed by atoms with Crippen LogP contribution in [0.3, 0.4) is 0 Å². The molecule has 110 valence electrons. The van der Waals surface area contributed by atoms with E-state index in [2.05, 4.69) is 16.7 Å². The lowest BCUT2D eigenvalue weighted by atomic mass is 10.1. The van der Waals surface area contributed by atoms with E-state index in [1.165, 1.54) is 25.0 Å². The molecule has 1 aliphatic heterocycles. The van der Waals surface area contributed by atoms with Crippen LogP contribution in [-0.4, -0.2) is 19.4 Å². The molecule has 0 aromatic heterocycles. The van der Waals surface area contributed by atoms with Gasteiger partial charge in [-0.25, -0.2) is 4.39 Å². The molecule has 1 saturated heterocycles. The molecule has 0 atom stereocenters. The van der Waals surface area contributed by atoms with Gasteiger partial charge in [0.15, 0.2) is 0 Å². The van der Waals surface area contributed by atoms with Gasteiger partial charge in [0.05, 0.1) is 5.69 Å². The largest absolute Gasteiger partial charge is 0.371 e. The summed E-state index contributed by atoms with van der Waals surface area (Å²) in [4.78, 5) is 13.3. The number of rotatable bonds is 2. The van der Waals surface area contributed by atoms with Crippen LogP contribution < -0.4 is 4.90 Å². The number of nitrogens with zero attached hydrogens (tertiary/aromatic N) is 1. The summed E-state index contributed by atoms with van der Waals surface area (Å²) in [6, 6.07) is 11.7. The first-order valence-corrected chi connectivity index (χ1v) is 7.38. The second-order valence-electron chi connectivity index (χ2n) is 5.35. The molecule has 0 aliphatic carbocycles. The molecule has 0 saturated carbocycles. The Labute approximate surface area is 129 Å². The van der Waals surface area contributed by atoms with Crippen LogP contribution in [0, 0.1) is 17.7 Å². The van der Waals surface area contributed by atoms with E-state index in [-0.39, 0.29) is 5.82 Å². The van der Waals surface area contributed by atoms with Gasteiger partial charge in [-0.3, -0.25) is 4.79 Å². The monoisotopic (exact) mass is 293 g/mol. The molecule has 3 rings (SSSR count). The Bertz CT molecular complexity index is 734. The van der Waals surface area contributed by atoms with Crippen molar-refractivity contribution in [3.63, 3.8) is 0 Å². The lowest BCUT2D eigenvalue weighted by Crippen LogP contribution is -2.18. The molecule has 2 aromatic carbocycles. The van der Waals surface area contributed by atoms with Crippen molar-refractivity contribution >= 4 is 12.0 Å². The highest BCUT2D eigenvalue weighted by Gasteiger charge is 2.15. The number of carbonyl (C=O) groups excluding carboxylic acids is 1. The predicted molar refractivity (Wildman–Crippen MR) is 85.7 cm³/mol. The zero-order chi connectivity index (χ0) is 15.4. The summed E-state index contributed by atoms with van der Waals surface area (Å²) >= 11 is 0. The van der Waals surface area contributed by atoms with E-state index >= 15 is 0 Å². The third kappa shape index (κ3) is 3.17. The van der Waals surface area contributed by atoms with Crippen molar-refractivity contribution in [2.45, 2.75) is 12.8 Å². The van der Waals surface area contributed by atoms with E-state index < -0.39 is 0 Å². The van der Waals surface area contributed by atoms with Crippen molar-refractivity contribution in [1.29, 1.82) is 0 Å². The third-order valence-electron chi connectivity index (χ3n) is 3.79. The topological polar surface area (TPSA) is 20.3 Å². The summed E-state index contributed by atoms with van der Waals surface area (Å²) in [5, 5.41) is 0. The molecule has 3 heteroatoms. The Kier molecular flexibility index (Phi) is 4.20. The fourth-order valence-corrected chi connectivity index (χ4v) is 2.63. The molecule has 0 spiro atoms. The number of halogens is 1. The van der Waals surface area contributed by atoms with Crippen LogP contribution in [-0.2, 0) is 0 Å². The molecule has 22 heavy (non-hydrogen) atoms. The first-order chi connectivity index (χ1) is 10.8. The molecule has 0 amide bonds. The predicted octanol–water partition coefficient (Wildman–Crippen LogP) is 3.64. The Morgan fingerprint density at radius 2 is 1.73 bits per heavy atom. The third-order valence-corrected chi connectivity index (χ3v) is 3.79. The molecule has 2 aromatic rings. The maximum Gasteiger partial charge on any atom is 0.150 e. The summed E-state index contributed by atoms with van der Waals surface area (Å²) in [6.45, 7) is 2.04. The van der Waals surface area contributed by atoms with Gasteiger partial charge < -0.3 is 4.90 Å². The van der Waals surface area contributed by atoms with Crippen molar-refractivity contribution in [1.82, 2.24) is 0 Å². The molecule has 2 nitrogen and oxygen atoms in total. The lowest BCUT2D eigenvalue weighted by molar-refractivity contribution is 0.112. The SMILES string of the molecule is O=Cc1ccc(N2CCCC2)c(C#Cc2ccc(F)cc2)c1. The van der Waals surface area contributed by atoms with Crippen LogP contribution in [0.1, 0.15) is 34.3 Å². The van der Waals surface area contributed by atoms with Crippen LogP contribution in [0.15, 0.2) is 42.5 Å². The fraction of sp³-hybridized carbons (Fsp3) is 0.211. The Morgan fingerprint density at radius 1 is 1.00 bits per heavy atom. The minimum atomic E-state index is -0.272. The fourth-order valence-electron chi connectivity index (χ4n) is 2.63. The maximum atomic E-state index is 12.9. The summed E-state index contributed by atoms with van der Waals surface area (Å²) in [5.74, 6) is 5.90. The highest BCUT2D eigenvalue weighted by Crippen LogP contribution is 2.25. The summed E-state index contributed by atoms with van der Waals surface area (Å²) in [6.07, 6.45) is 3.19. The van der Waals surface area contributed by atoms with E-state index in [4.69, 9.17) is 0 Å². The molecule has 1 heterocycles. The van der Waals surface area contributed by atoms with Crippen molar-refractivity contribution in [2.24, 2.45) is 0 Å². The molecule has 0 unspecified atom stereocenters. The first-order valence-electron chi connectivity index (χ1n) is 7.38. The van der Waals surface area contributed by atoms with Gasteiger partial charge in [-0.2, -0.15) is 0 Å². The van der Waals surface area contributed by atoms with E-state index in [9.17, 15) is 9.18 Å². The van der Waals surface area contributed by atoms with Crippen LogP contribution in [0.5, 0.6) is 0 Å². The summed E-state index contributed by atoms with van der Waals surface area (Å²) in [5.41, 5.74) is 3.28. The van der Waals surface area contributed by atoms with Crippen LogP contribution in [0.25, 0.3) is 0 Å². The zero-order valence-electron chi connectivity index (χ0n) is 12.2. The van der Waals surface area contributed by atoms with Crippen molar-refractivity contribution in [3.05, 3.63) is 65.0 Å². The molecule has 1 aliphatic rings. The Hall–Kier alpha value is -2.60. The minimum Gasteiger partial charge on any atom is -0.371 e. The van der Waals surface area contributed by atoms with E-state index in [0.29, 0.717) is 5.56 Å². The van der Waals surface area contributed by atoms with Gasteiger partial charge in [-0.1, -0.05) is 11.8 Å². The van der Waals surface area contributed by atoms with E-state index in [1.54, 1.807) is 12.1 Å². The number of carbonyl (C=O) groups is 1. The molecular weight excluding hydrogens is 277 g/mol. The summed E-state index contributed by atoms with van der Waals surface area (Å²) < 4.78 is 12.9. The minimum absolute atomic E-state index is 0.272. The van der Waals surface area contributed by atoms with Gasteiger partial charge in [0.2, 0.25) is 0 Å². The first kappa shape index (κ1) is 14.3. The van der Waals surface area contributed by atoms with Crippen LogP contribution in [0.2, 0.25) is 0 Å². The number of aldehydes is 1. The maximum absolute atomic E-state index is 12.9. The molecule has 0 radical (unpaired) electrons. The zero-order valence-corrected chi connectivity index (χ0v) is 12.2. The van der Waals surface area contributed by atoms with Crippen molar-refractivity contribution in [3.8, 4) is 11.8 Å². The Balaban J connectivity index is 1.97. The average molecular weight is 293 g/mol. The number of anilines is 1. The molecule has 1 fully saturated rings. The average Bonchev–Trinajstić information content (AvgIpc) is 3.08. The van der Waals surface area contributed by atoms with Gasteiger partial charge in [-0.15, -0.1) is 0 Å². The lowest BCUT2D eigenvalue weighted by Gasteiger charge is -2.19. The molecule has 0 bridgehead atoms. The van der Waals surface area contributed by atoms with Crippen molar-refractivity contribution < 1.29 is 9.18 Å². The van der Waals surface area contributed by atoms with Gasteiger partial charge in [0, 0.05) is 29.8 Å². The molecule has 0 N–H and O–H groups in total. The van der Waals surface area contributed by atoms with Gasteiger partial charge in [0.25, 0.3) is 0 Å². The van der Waals surface area contributed by atoms with E-state index in [1.807, 2.05) is 18.2 Å². The second kappa shape index (κ2) is 6.44. The van der Waals surface area contributed by atoms with Crippen molar-refractivity contribution in [2.75, 3.05) is 18.0 Å². The van der Waals surface area contributed by atoms with E-state index in [0.717, 1.165) is 36.2 Å². The number of benzene rings is 2. The summed E-state index contributed by atoms with van der Waals surface area (Å²) in [7, 11) is 0. The Morgan fingerprint density at radius 3 is 2.41 bits per heavy atom. The van der Waals surface area contributed by atoms with Crippen LogP contribution >= 0.6 is 0 Å². The number of hydrogen-bond donors (Lipinski definition) is 0. The standard InChI is InChI=1S/C19H16FNO/c20-18-8-4-15(5-9-18)3-7-17-13-16(14-22)6-10-19(17)21-11-1-2-12-21/h4-6,8-10,13-14H,1-2,11-12H2. The second-order valence-corrected chi connectivity index (χ2v) is 5.35. The smallest absolute Gasteiger partial charge is 0.150 e. The number of hydrogen-bond acceptors (Lipinski definition) is 2.